The van der Waals surface area contributed by atoms with Crippen molar-refractivity contribution in [2.45, 2.75) is 32.5 Å². The fourth-order valence-electron chi connectivity index (χ4n) is 1.95. The summed E-state index contributed by atoms with van der Waals surface area (Å²) >= 11 is 0. The number of hydrogen-bond donors (Lipinski definition) is 1. The van der Waals surface area contributed by atoms with Gasteiger partial charge in [-0.15, -0.1) is 0 Å². The second kappa shape index (κ2) is 6.23. The second-order valence-corrected chi connectivity index (χ2v) is 4.61. The van der Waals surface area contributed by atoms with Crippen LogP contribution in [-0.4, -0.2) is 25.3 Å². The van der Waals surface area contributed by atoms with Crippen molar-refractivity contribution in [3.63, 3.8) is 0 Å². The summed E-state index contributed by atoms with van der Waals surface area (Å²) in [5.74, 6) is -0.518. The molecule has 6 heteroatoms. The van der Waals surface area contributed by atoms with Gasteiger partial charge in [0, 0.05) is 17.3 Å². The number of nitrogens with zero attached hydrogens (tertiary/aromatic N) is 1. The number of halogens is 4. The number of rotatable bonds is 5. The zero-order valence-electron chi connectivity index (χ0n) is 11.0. The molecule has 1 aromatic rings. The molecule has 0 fully saturated rings. The average Bonchev–Trinajstić information content (AvgIpc) is 2.28. The van der Waals surface area contributed by atoms with Gasteiger partial charge in [0.2, 0.25) is 0 Å². The van der Waals surface area contributed by atoms with E-state index in [4.69, 9.17) is 5.73 Å². The van der Waals surface area contributed by atoms with Crippen LogP contribution in [-0.2, 0) is 6.42 Å². The van der Waals surface area contributed by atoms with Crippen LogP contribution in [0.15, 0.2) is 18.2 Å². The number of alkyl halides is 3. The third-order valence-electron chi connectivity index (χ3n) is 2.77. The molecule has 2 N–H and O–H groups in total. The summed E-state index contributed by atoms with van der Waals surface area (Å²) in [5, 5.41) is 0. The van der Waals surface area contributed by atoms with E-state index in [-0.39, 0.29) is 30.3 Å². The molecule has 2 nitrogen and oxygen atoms in total. The lowest BCUT2D eigenvalue weighted by Crippen LogP contribution is -2.40. The Kier molecular flexibility index (Phi) is 5.17. The van der Waals surface area contributed by atoms with Crippen molar-refractivity contribution in [2.24, 2.45) is 5.73 Å². The van der Waals surface area contributed by atoms with Crippen molar-refractivity contribution < 1.29 is 17.6 Å². The predicted molar refractivity (Wildman–Crippen MR) is 67.7 cm³/mol. The standard InChI is InChI=1S/C13H18F4N2/c1-9(2)19(8-13(15,16)17)12-5-3-4-11(14)10(12)6-7-18/h3-5,9H,6-8,18H2,1-2H3. The molecule has 0 saturated carbocycles. The van der Waals surface area contributed by atoms with E-state index in [1.54, 1.807) is 13.8 Å². The number of anilines is 1. The van der Waals surface area contributed by atoms with Gasteiger partial charge < -0.3 is 10.6 Å². The maximum absolute atomic E-state index is 13.7. The third kappa shape index (κ3) is 4.38. The van der Waals surface area contributed by atoms with Crippen LogP contribution in [0.5, 0.6) is 0 Å². The van der Waals surface area contributed by atoms with Crippen LogP contribution in [0.3, 0.4) is 0 Å². The molecule has 0 aliphatic heterocycles. The van der Waals surface area contributed by atoms with Gasteiger partial charge in [-0.1, -0.05) is 6.07 Å². The van der Waals surface area contributed by atoms with Crippen LogP contribution < -0.4 is 10.6 Å². The summed E-state index contributed by atoms with van der Waals surface area (Å²) < 4.78 is 51.6. The molecule has 0 aromatic heterocycles. The Balaban J connectivity index is 3.19. The summed E-state index contributed by atoms with van der Waals surface area (Å²) in [6.07, 6.45) is -4.13. The Labute approximate surface area is 110 Å². The van der Waals surface area contributed by atoms with Gasteiger partial charge in [0.15, 0.2) is 0 Å². The Morgan fingerprint density at radius 3 is 2.37 bits per heavy atom. The zero-order valence-corrected chi connectivity index (χ0v) is 11.0. The quantitative estimate of drug-likeness (QED) is 0.839. The zero-order chi connectivity index (χ0) is 14.6. The van der Waals surface area contributed by atoms with Gasteiger partial charge in [0.1, 0.15) is 12.4 Å². The van der Waals surface area contributed by atoms with Crippen LogP contribution in [0, 0.1) is 5.82 Å². The van der Waals surface area contributed by atoms with Gasteiger partial charge in [-0.05, 0) is 38.9 Å². The predicted octanol–water partition coefficient (Wildman–Crippen LogP) is 3.10. The van der Waals surface area contributed by atoms with Crippen LogP contribution in [0.1, 0.15) is 19.4 Å². The summed E-state index contributed by atoms with van der Waals surface area (Å²) in [7, 11) is 0. The SMILES string of the molecule is CC(C)N(CC(F)(F)F)c1cccc(F)c1CCN. The van der Waals surface area contributed by atoms with Crippen molar-refractivity contribution >= 4 is 5.69 Å². The highest BCUT2D eigenvalue weighted by atomic mass is 19.4. The molecule has 0 saturated heterocycles. The highest BCUT2D eigenvalue weighted by Crippen LogP contribution is 2.29. The van der Waals surface area contributed by atoms with Crippen LogP contribution in [0.25, 0.3) is 0 Å². The topological polar surface area (TPSA) is 29.3 Å². The Hall–Kier alpha value is -1.30. The van der Waals surface area contributed by atoms with Crippen molar-refractivity contribution in [3.8, 4) is 0 Å². The third-order valence-corrected chi connectivity index (χ3v) is 2.77. The highest BCUT2D eigenvalue weighted by Gasteiger charge is 2.33. The Morgan fingerprint density at radius 1 is 1.26 bits per heavy atom. The van der Waals surface area contributed by atoms with Crippen molar-refractivity contribution in [2.75, 3.05) is 18.0 Å². The maximum Gasteiger partial charge on any atom is 0.405 e. The summed E-state index contributed by atoms with van der Waals surface area (Å²) in [4.78, 5) is 1.15. The molecule has 1 rings (SSSR count). The molecule has 108 valence electrons. The van der Waals surface area contributed by atoms with E-state index in [0.29, 0.717) is 0 Å². The van der Waals surface area contributed by atoms with E-state index < -0.39 is 18.5 Å². The van der Waals surface area contributed by atoms with Gasteiger partial charge in [-0.2, -0.15) is 13.2 Å². The monoisotopic (exact) mass is 278 g/mol. The van der Waals surface area contributed by atoms with E-state index in [0.717, 1.165) is 4.90 Å². The molecule has 19 heavy (non-hydrogen) atoms. The molecule has 1 aromatic carbocycles. The molecule has 0 amide bonds. The molecular formula is C13H18F4N2. The average molecular weight is 278 g/mol. The first-order valence-electron chi connectivity index (χ1n) is 6.07. The van der Waals surface area contributed by atoms with Gasteiger partial charge >= 0.3 is 6.18 Å². The molecule has 0 spiro atoms. The highest BCUT2D eigenvalue weighted by molar-refractivity contribution is 5.55. The van der Waals surface area contributed by atoms with E-state index in [1.165, 1.54) is 18.2 Å². The minimum Gasteiger partial charge on any atom is -0.360 e. The molecule has 0 radical (unpaired) electrons. The minimum atomic E-state index is -4.34. The van der Waals surface area contributed by atoms with Crippen molar-refractivity contribution in [1.29, 1.82) is 0 Å². The molecule has 0 heterocycles. The number of hydrogen-bond acceptors (Lipinski definition) is 2. The number of nitrogens with two attached hydrogens (primary N) is 1. The van der Waals surface area contributed by atoms with E-state index in [2.05, 4.69) is 0 Å². The lowest BCUT2D eigenvalue weighted by molar-refractivity contribution is -0.120. The Bertz CT molecular complexity index is 416. The van der Waals surface area contributed by atoms with Crippen molar-refractivity contribution in [3.05, 3.63) is 29.6 Å². The van der Waals surface area contributed by atoms with E-state index in [1.807, 2.05) is 0 Å². The first-order valence-corrected chi connectivity index (χ1v) is 6.07. The fraction of sp³-hybridized carbons (Fsp3) is 0.538. The molecule has 0 atom stereocenters. The first-order chi connectivity index (χ1) is 8.76. The van der Waals surface area contributed by atoms with Crippen molar-refractivity contribution in [1.82, 2.24) is 0 Å². The van der Waals surface area contributed by atoms with Gasteiger partial charge in [-0.25, -0.2) is 4.39 Å². The van der Waals surface area contributed by atoms with Crippen LogP contribution >= 0.6 is 0 Å². The second-order valence-electron chi connectivity index (χ2n) is 4.61. The summed E-state index contributed by atoms with van der Waals surface area (Å²) in [6, 6.07) is 3.76. The molecule has 0 aliphatic rings. The summed E-state index contributed by atoms with van der Waals surface area (Å²) in [6.45, 7) is 2.36. The Morgan fingerprint density at radius 2 is 1.89 bits per heavy atom. The van der Waals surface area contributed by atoms with Gasteiger partial charge in [0.05, 0.1) is 0 Å². The lowest BCUT2D eigenvalue weighted by Gasteiger charge is -2.31. The van der Waals surface area contributed by atoms with E-state index >= 15 is 0 Å². The molecular weight excluding hydrogens is 260 g/mol. The first kappa shape index (κ1) is 15.8. The van der Waals surface area contributed by atoms with Gasteiger partial charge in [-0.3, -0.25) is 0 Å². The maximum atomic E-state index is 13.7. The lowest BCUT2D eigenvalue weighted by atomic mass is 10.1. The molecule has 0 aliphatic carbocycles. The van der Waals surface area contributed by atoms with Crippen LogP contribution in [0.4, 0.5) is 23.2 Å². The fourth-order valence-corrected chi connectivity index (χ4v) is 1.95. The van der Waals surface area contributed by atoms with Crippen LogP contribution in [0.2, 0.25) is 0 Å². The summed E-state index contributed by atoms with van der Waals surface area (Å²) in [5.41, 5.74) is 5.90. The van der Waals surface area contributed by atoms with Gasteiger partial charge in [0.25, 0.3) is 0 Å². The number of benzene rings is 1. The minimum absolute atomic E-state index is 0.186. The normalized spacial score (nSPS) is 12.0. The largest absolute Gasteiger partial charge is 0.405 e. The molecule has 0 unspecified atom stereocenters. The molecule has 0 bridgehead atoms. The smallest absolute Gasteiger partial charge is 0.360 e. The van der Waals surface area contributed by atoms with E-state index in [9.17, 15) is 17.6 Å².